The summed E-state index contributed by atoms with van der Waals surface area (Å²) >= 11 is 0. The van der Waals surface area contributed by atoms with Crippen LogP contribution in [0.3, 0.4) is 0 Å². The summed E-state index contributed by atoms with van der Waals surface area (Å²) in [5.74, 6) is -0.0949. The van der Waals surface area contributed by atoms with Crippen LogP contribution in [-0.4, -0.2) is 28.1 Å². The van der Waals surface area contributed by atoms with Crippen LogP contribution in [0.4, 0.5) is 0 Å². The van der Waals surface area contributed by atoms with Crippen molar-refractivity contribution >= 4 is 5.97 Å². The van der Waals surface area contributed by atoms with Gasteiger partial charge in [0.25, 0.3) is 0 Å². The Balaban J connectivity index is 2.12. The van der Waals surface area contributed by atoms with Crippen molar-refractivity contribution in [1.82, 2.24) is 15.0 Å². The summed E-state index contributed by atoms with van der Waals surface area (Å²) in [7, 11) is 1.44. The molecule has 0 bridgehead atoms. The lowest BCUT2D eigenvalue weighted by molar-refractivity contribution is -0.145. The molecule has 0 aliphatic carbocycles. The van der Waals surface area contributed by atoms with Crippen LogP contribution in [-0.2, 0) is 22.5 Å². The Morgan fingerprint density at radius 3 is 3.07 bits per heavy atom. The third-order valence-corrected chi connectivity index (χ3v) is 2.99. The third-order valence-electron chi connectivity index (χ3n) is 2.99. The van der Waals surface area contributed by atoms with Crippen molar-refractivity contribution in [3.8, 4) is 0 Å². The van der Waals surface area contributed by atoms with Gasteiger partial charge in [0.1, 0.15) is 0 Å². The molecule has 0 N–H and O–H groups in total. The molecule has 1 unspecified atom stereocenters. The molecule has 1 aliphatic rings. The number of carbonyl (C=O) groups is 1. The molecule has 1 aliphatic heterocycles. The minimum atomic E-state index is -0.105. The zero-order valence-electron chi connectivity index (χ0n) is 9.06. The average molecular weight is 209 g/mol. The van der Waals surface area contributed by atoms with Gasteiger partial charge >= 0.3 is 5.97 Å². The highest BCUT2D eigenvalue weighted by molar-refractivity contribution is 5.72. The van der Waals surface area contributed by atoms with Gasteiger partial charge in [-0.25, -0.2) is 4.68 Å². The van der Waals surface area contributed by atoms with Crippen molar-refractivity contribution in [3.63, 3.8) is 0 Å². The van der Waals surface area contributed by atoms with Gasteiger partial charge in [0.2, 0.25) is 0 Å². The normalized spacial score (nSPS) is 20.5. The van der Waals surface area contributed by atoms with E-state index in [1.165, 1.54) is 7.11 Å². The van der Waals surface area contributed by atoms with Crippen LogP contribution in [0, 0.1) is 12.8 Å². The number of aromatic nitrogens is 3. The van der Waals surface area contributed by atoms with E-state index in [9.17, 15) is 4.79 Å². The Kier molecular flexibility index (Phi) is 2.70. The Bertz CT molecular complexity index is 373. The minimum Gasteiger partial charge on any atom is -0.469 e. The number of fused-ring (bicyclic) bond motifs is 1. The van der Waals surface area contributed by atoms with Gasteiger partial charge < -0.3 is 4.74 Å². The molecule has 1 atom stereocenters. The molecule has 0 radical (unpaired) electrons. The third kappa shape index (κ3) is 1.86. The van der Waals surface area contributed by atoms with E-state index in [4.69, 9.17) is 4.74 Å². The van der Waals surface area contributed by atoms with Crippen LogP contribution in [0.2, 0.25) is 0 Å². The number of aryl methyl sites for hydroxylation is 2. The number of esters is 1. The first-order chi connectivity index (χ1) is 7.22. The van der Waals surface area contributed by atoms with Gasteiger partial charge in [-0.15, -0.1) is 5.10 Å². The summed E-state index contributed by atoms with van der Waals surface area (Å²) in [4.78, 5) is 11.4. The summed E-state index contributed by atoms with van der Waals surface area (Å²) in [6, 6.07) is 0. The first-order valence-electron chi connectivity index (χ1n) is 5.19. The average Bonchev–Trinajstić information content (AvgIpc) is 2.50. The predicted octanol–water partition coefficient (Wildman–Crippen LogP) is 0.712. The summed E-state index contributed by atoms with van der Waals surface area (Å²) < 4.78 is 6.67. The molecule has 0 fully saturated rings. The van der Waals surface area contributed by atoms with Crippen molar-refractivity contribution < 1.29 is 9.53 Å². The fraction of sp³-hybridized carbons (Fsp3) is 0.700. The Labute approximate surface area is 88.4 Å². The van der Waals surface area contributed by atoms with Gasteiger partial charge in [-0.2, -0.15) is 0 Å². The fourth-order valence-corrected chi connectivity index (χ4v) is 2.04. The van der Waals surface area contributed by atoms with Gasteiger partial charge in [0.15, 0.2) is 0 Å². The number of rotatable bonds is 1. The molecule has 0 saturated carbocycles. The standard InChI is InChI=1S/C10H15N3O2/c1-7-9-4-3-8(10(14)15-2)5-6-13(9)12-11-7/h8H,3-6H2,1-2H3. The van der Waals surface area contributed by atoms with Crippen molar-refractivity contribution in [2.75, 3.05) is 7.11 Å². The zero-order valence-corrected chi connectivity index (χ0v) is 9.06. The summed E-state index contributed by atoms with van der Waals surface area (Å²) in [5.41, 5.74) is 2.13. The molecule has 1 aromatic heterocycles. The molecule has 5 nitrogen and oxygen atoms in total. The van der Waals surface area contributed by atoms with Gasteiger partial charge in [-0.3, -0.25) is 4.79 Å². The largest absolute Gasteiger partial charge is 0.469 e. The number of hydrogen-bond donors (Lipinski definition) is 0. The molecule has 0 aromatic carbocycles. The maximum absolute atomic E-state index is 11.4. The molecule has 0 spiro atoms. The second kappa shape index (κ2) is 4.00. The van der Waals surface area contributed by atoms with Crippen LogP contribution >= 0.6 is 0 Å². The molecule has 82 valence electrons. The molecule has 0 amide bonds. The topological polar surface area (TPSA) is 57.0 Å². The maximum atomic E-state index is 11.4. The highest BCUT2D eigenvalue weighted by atomic mass is 16.5. The Hall–Kier alpha value is -1.39. The minimum absolute atomic E-state index is 0.0103. The number of ether oxygens (including phenoxy) is 1. The molecule has 2 rings (SSSR count). The molecular formula is C10H15N3O2. The van der Waals surface area contributed by atoms with Gasteiger partial charge in [0, 0.05) is 6.54 Å². The van der Waals surface area contributed by atoms with E-state index < -0.39 is 0 Å². The van der Waals surface area contributed by atoms with Crippen LogP contribution in [0.25, 0.3) is 0 Å². The van der Waals surface area contributed by atoms with Crippen molar-refractivity contribution in [3.05, 3.63) is 11.4 Å². The maximum Gasteiger partial charge on any atom is 0.308 e. The van der Waals surface area contributed by atoms with E-state index in [1.807, 2.05) is 11.6 Å². The van der Waals surface area contributed by atoms with Gasteiger partial charge in [-0.05, 0) is 26.2 Å². The number of hydrogen-bond acceptors (Lipinski definition) is 4. The first kappa shape index (κ1) is 10.1. The van der Waals surface area contributed by atoms with E-state index in [-0.39, 0.29) is 11.9 Å². The van der Waals surface area contributed by atoms with E-state index in [2.05, 4.69) is 10.3 Å². The smallest absolute Gasteiger partial charge is 0.308 e. The second-order valence-electron chi connectivity index (χ2n) is 3.89. The van der Waals surface area contributed by atoms with Crippen molar-refractivity contribution in [2.45, 2.75) is 32.7 Å². The van der Waals surface area contributed by atoms with Crippen LogP contribution < -0.4 is 0 Å². The van der Waals surface area contributed by atoms with Crippen LogP contribution in [0.15, 0.2) is 0 Å². The van der Waals surface area contributed by atoms with E-state index in [1.54, 1.807) is 0 Å². The SMILES string of the molecule is COC(=O)C1CCc2c(C)nnn2CC1. The Morgan fingerprint density at radius 1 is 1.53 bits per heavy atom. The molecule has 5 heteroatoms. The highest BCUT2D eigenvalue weighted by Crippen LogP contribution is 2.21. The summed E-state index contributed by atoms with van der Waals surface area (Å²) in [6.07, 6.45) is 2.49. The van der Waals surface area contributed by atoms with Crippen LogP contribution in [0.5, 0.6) is 0 Å². The molecule has 15 heavy (non-hydrogen) atoms. The van der Waals surface area contributed by atoms with Gasteiger partial charge in [-0.1, -0.05) is 5.21 Å². The molecule has 1 aromatic rings. The number of carbonyl (C=O) groups excluding carboxylic acids is 1. The monoisotopic (exact) mass is 209 g/mol. The van der Waals surface area contributed by atoms with E-state index in [0.717, 1.165) is 37.2 Å². The summed E-state index contributed by atoms with van der Waals surface area (Å²) in [6.45, 7) is 2.72. The molecule has 0 saturated heterocycles. The predicted molar refractivity (Wildman–Crippen MR) is 53.2 cm³/mol. The number of methoxy groups -OCH3 is 1. The zero-order chi connectivity index (χ0) is 10.8. The van der Waals surface area contributed by atoms with E-state index >= 15 is 0 Å². The van der Waals surface area contributed by atoms with Gasteiger partial charge in [0.05, 0.1) is 24.4 Å². The first-order valence-corrected chi connectivity index (χ1v) is 5.19. The van der Waals surface area contributed by atoms with Crippen molar-refractivity contribution in [1.29, 1.82) is 0 Å². The molecular weight excluding hydrogens is 194 g/mol. The lowest BCUT2D eigenvalue weighted by atomic mass is 10.00. The lowest BCUT2D eigenvalue weighted by Crippen LogP contribution is -2.16. The summed E-state index contributed by atoms with van der Waals surface area (Å²) in [5, 5.41) is 8.08. The second-order valence-corrected chi connectivity index (χ2v) is 3.89. The quantitative estimate of drug-likeness (QED) is 0.639. The van der Waals surface area contributed by atoms with E-state index in [0.29, 0.717) is 0 Å². The van der Waals surface area contributed by atoms with Crippen molar-refractivity contribution in [2.24, 2.45) is 5.92 Å². The molecule has 2 heterocycles. The Morgan fingerprint density at radius 2 is 2.33 bits per heavy atom. The number of nitrogens with zero attached hydrogens (tertiary/aromatic N) is 3. The highest BCUT2D eigenvalue weighted by Gasteiger charge is 2.24. The lowest BCUT2D eigenvalue weighted by Gasteiger charge is -2.09. The fourth-order valence-electron chi connectivity index (χ4n) is 2.04. The van der Waals surface area contributed by atoms with Crippen LogP contribution in [0.1, 0.15) is 24.2 Å².